The summed E-state index contributed by atoms with van der Waals surface area (Å²) < 4.78 is 2.06. The van der Waals surface area contributed by atoms with E-state index in [4.69, 9.17) is 11.6 Å². The van der Waals surface area contributed by atoms with Crippen LogP contribution in [0.3, 0.4) is 0 Å². The molecule has 1 rings (SSSR count). The molecule has 0 amide bonds. The molecule has 0 fully saturated rings. The standard InChI is InChI=1S/C16H31ClN4/c1-12(2)9-18-10-13(3)14(4)16-15(17)11-19-21(16)8-7-20(5)6/h11-14,18H,7-10H2,1-6H3. The van der Waals surface area contributed by atoms with E-state index in [1.807, 2.05) is 0 Å². The summed E-state index contributed by atoms with van der Waals surface area (Å²) >= 11 is 6.37. The SMILES string of the molecule is CC(C)CNCC(C)C(C)c1c(Cl)cnn1CCN(C)C. The molecule has 0 bridgehead atoms. The van der Waals surface area contributed by atoms with Gasteiger partial charge in [-0.2, -0.15) is 5.10 Å². The second kappa shape index (κ2) is 8.76. The van der Waals surface area contributed by atoms with Gasteiger partial charge in [0.25, 0.3) is 0 Å². The van der Waals surface area contributed by atoms with Crippen molar-refractivity contribution in [1.29, 1.82) is 0 Å². The van der Waals surface area contributed by atoms with Crippen LogP contribution < -0.4 is 5.32 Å². The van der Waals surface area contributed by atoms with Gasteiger partial charge in [0.15, 0.2) is 0 Å². The molecular weight excluding hydrogens is 284 g/mol. The average molecular weight is 315 g/mol. The van der Waals surface area contributed by atoms with Gasteiger partial charge in [0.05, 0.1) is 23.5 Å². The zero-order valence-corrected chi connectivity index (χ0v) is 15.1. The molecule has 5 heteroatoms. The lowest BCUT2D eigenvalue weighted by atomic mass is 9.92. The van der Waals surface area contributed by atoms with E-state index in [1.54, 1.807) is 6.20 Å². The average Bonchev–Trinajstić information content (AvgIpc) is 2.76. The van der Waals surface area contributed by atoms with Crippen LogP contribution in [0.2, 0.25) is 5.02 Å². The van der Waals surface area contributed by atoms with Crippen molar-refractivity contribution >= 4 is 11.6 Å². The Hall–Kier alpha value is -0.580. The van der Waals surface area contributed by atoms with Crippen molar-refractivity contribution in [3.63, 3.8) is 0 Å². The maximum Gasteiger partial charge on any atom is 0.0820 e. The highest BCUT2D eigenvalue weighted by molar-refractivity contribution is 6.31. The van der Waals surface area contributed by atoms with E-state index in [2.05, 4.69) is 61.8 Å². The summed E-state index contributed by atoms with van der Waals surface area (Å²) in [7, 11) is 4.15. The van der Waals surface area contributed by atoms with Crippen LogP contribution >= 0.6 is 11.6 Å². The zero-order valence-electron chi connectivity index (χ0n) is 14.4. The predicted molar refractivity (Wildman–Crippen MR) is 91.1 cm³/mol. The molecule has 2 unspecified atom stereocenters. The Balaban J connectivity index is 2.67. The van der Waals surface area contributed by atoms with Crippen LogP contribution in [0.25, 0.3) is 0 Å². The first-order valence-corrected chi connectivity index (χ1v) is 8.27. The van der Waals surface area contributed by atoms with Gasteiger partial charge in [0.1, 0.15) is 0 Å². The summed E-state index contributed by atoms with van der Waals surface area (Å²) in [5.74, 6) is 1.60. The second-order valence-corrected chi connectivity index (χ2v) is 7.13. The molecule has 0 saturated heterocycles. The lowest BCUT2D eigenvalue weighted by molar-refractivity contribution is 0.356. The molecule has 0 aliphatic rings. The second-order valence-electron chi connectivity index (χ2n) is 6.72. The van der Waals surface area contributed by atoms with Crippen molar-refractivity contribution in [3.8, 4) is 0 Å². The van der Waals surface area contributed by atoms with Crippen molar-refractivity contribution in [1.82, 2.24) is 20.0 Å². The van der Waals surface area contributed by atoms with Crippen LogP contribution in [0.4, 0.5) is 0 Å². The Labute approximate surface area is 134 Å². The molecule has 2 atom stereocenters. The molecule has 0 aliphatic heterocycles. The first kappa shape index (κ1) is 18.5. The van der Waals surface area contributed by atoms with Crippen LogP contribution in [0, 0.1) is 11.8 Å². The number of aromatic nitrogens is 2. The van der Waals surface area contributed by atoms with Gasteiger partial charge in [-0.1, -0.05) is 39.3 Å². The van der Waals surface area contributed by atoms with Crippen LogP contribution in [0.1, 0.15) is 39.3 Å². The van der Waals surface area contributed by atoms with Crippen LogP contribution in [0.5, 0.6) is 0 Å². The fraction of sp³-hybridized carbons (Fsp3) is 0.812. The van der Waals surface area contributed by atoms with Crippen molar-refractivity contribution in [2.45, 2.75) is 40.2 Å². The molecule has 0 radical (unpaired) electrons. The van der Waals surface area contributed by atoms with Gasteiger partial charge < -0.3 is 10.2 Å². The molecule has 0 spiro atoms. The molecule has 122 valence electrons. The van der Waals surface area contributed by atoms with Crippen molar-refractivity contribution in [2.24, 2.45) is 11.8 Å². The zero-order chi connectivity index (χ0) is 16.0. The van der Waals surface area contributed by atoms with Crippen molar-refractivity contribution < 1.29 is 0 Å². The van der Waals surface area contributed by atoms with E-state index in [9.17, 15) is 0 Å². The van der Waals surface area contributed by atoms with Gasteiger partial charge in [0.2, 0.25) is 0 Å². The largest absolute Gasteiger partial charge is 0.316 e. The predicted octanol–water partition coefficient (Wildman–Crippen LogP) is 3.08. The third kappa shape index (κ3) is 5.97. The first-order chi connectivity index (χ1) is 9.82. The smallest absolute Gasteiger partial charge is 0.0820 e. The number of likely N-dealkylation sites (N-methyl/N-ethyl adjacent to an activating group) is 1. The molecule has 0 aliphatic carbocycles. The Morgan fingerprint density at radius 2 is 1.90 bits per heavy atom. The highest BCUT2D eigenvalue weighted by atomic mass is 35.5. The molecule has 1 heterocycles. The lowest BCUT2D eigenvalue weighted by Gasteiger charge is -2.23. The summed E-state index contributed by atoms with van der Waals surface area (Å²) in [6.45, 7) is 12.9. The maximum absolute atomic E-state index is 6.37. The van der Waals surface area contributed by atoms with Crippen molar-refractivity contribution in [3.05, 3.63) is 16.9 Å². The Bertz CT molecular complexity index is 414. The minimum atomic E-state index is 0.391. The van der Waals surface area contributed by atoms with Crippen LogP contribution in [-0.2, 0) is 6.54 Å². The first-order valence-electron chi connectivity index (χ1n) is 7.89. The number of rotatable bonds is 9. The summed E-state index contributed by atoms with van der Waals surface area (Å²) in [5, 5.41) is 8.76. The summed E-state index contributed by atoms with van der Waals surface area (Å²) in [5.41, 5.74) is 1.16. The van der Waals surface area contributed by atoms with Gasteiger partial charge in [-0.25, -0.2) is 0 Å². The van der Waals surface area contributed by atoms with Crippen molar-refractivity contribution in [2.75, 3.05) is 33.7 Å². The van der Waals surface area contributed by atoms with E-state index in [-0.39, 0.29) is 0 Å². The van der Waals surface area contributed by atoms with E-state index in [0.717, 1.165) is 36.9 Å². The summed E-state index contributed by atoms with van der Waals surface area (Å²) in [4.78, 5) is 2.16. The number of hydrogen-bond donors (Lipinski definition) is 1. The van der Waals surface area contributed by atoms with Gasteiger partial charge in [-0.05, 0) is 39.0 Å². The Morgan fingerprint density at radius 3 is 2.48 bits per heavy atom. The van der Waals surface area contributed by atoms with Gasteiger partial charge in [-0.3, -0.25) is 4.68 Å². The van der Waals surface area contributed by atoms with E-state index < -0.39 is 0 Å². The third-order valence-electron chi connectivity index (χ3n) is 3.90. The van der Waals surface area contributed by atoms with Crippen LogP contribution in [0.15, 0.2) is 6.20 Å². The highest BCUT2D eigenvalue weighted by Crippen LogP contribution is 2.29. The lowest BCUT2D eigenvalue weighted by Crippen LogP contribution is -2.29. The van der Waals surface area contributed by atoms with Gasteiger partial charge in [0, 0.05) is 12.5 Å². The Morgan fingerprint density at radius 1 is 1.24 bits per heavy atom. The molecule has 0 saturated carbocycles. The molecule has 4 nitrogen and oxygen atoms in total. The molecule has 1 aromatic heterocycles. The van der Waals surface area contributed by atoms with E-state index in [1.165, 1.54) is 0 Å². The van der Waals surface area contributed by atoms with E-state index >= 15 is 0 Å². The highest BCUT2D eigenvalue weighted by Gasteiger charge is 2.21. The van der Waals surface area contributed by atoms with Crippen LogP contribution in [-0.4, -0.2) is 48.4 Å². The summed E-state index contributed by atoms with van der Waals surface area (Å²) in [6.07, 6.45) is 1.78. The molecule has 21 heavy (non-hydrogen) atoms. The number of hydrogen-bond acceptors (Lipinski definition) is 3. The third-order valence-corrected chi connectivity index (χ3v) is 4.19. The molecular formula is C16H31ClN4. The topological polar surface area (TPSA) is 33.1 Å². The van der Waals surface area contributed by atoms with E-state index in [0.29, 0.717) is 17.8 Å². The quantitative estimate of drug-likeness (QED) is 0.760. The Kier molecular flexibility index (Phi) is 7.71. The minimum Gasteiger partial charge on any atom is -0.316 e. The maximum atomic E-state index is 6.37. The fourth-order valence-corrected chi connectivity index (χ4v) is 2.66. The normalized spacial score (nSPS) is 14.9. The number of nitrogens with zero attached hydrogens (tertiary/aromatic N) is 3. The monoisotopic (exact) mass is 314 g/mol. The summed E-state index contributed by atoms with van der Waals surface area (Å²) in [6, 6.07) is 0. The van der Waals surface area contributed by atoms with Gasteiger partial charge >= 0.3 is 0 Å². The molecule has 1 aromatic rings. The van der Waals surface area contributed by atoms with Gasteiger partial charge in [-0.15, -0.1) is 0 Å². The fourth-order valence-electron chi connectivity index (χ4n) is 2.34. The number of nitrogens with one attached hydrogen (secondary N) is 1. The molecule has 1 N–H and O–H groups in total. The number of halogens is 1. The minimum absolute atomic E-state index is 0.391. The molecule has 0 aromatic carbocycles.